The third kappa shape index (κ3) is 4.49. The van der Waals surface area contributed by atoms with Crippen molar-refractivity contribution in [2.45, 2.75) is 45.6 Å². The Morgan fingerprint density at radius 2 is 1.67 bits per heavy atom. The summed E-state index contributed by atoms with van der Waals surface area (Å²) in [6, 6.07) is 11.0. The Labute approximate surface area is 147 Å². The number of para-hydroxylation sites is 1. The molecule has 0 amide bonds. The number of rotatable bonds is 3. The molecule has 24 heavy (non-hydrogen) atoms. The van der Waals surface area contributed by atoms with Gasteiger partial charge in [-0.2, -0.15) is 5.26 Å². The van der Waals surface area contributed by atoms with Crippen LogP contribution in [0, 0.1) is 17.2 Å². The first-order chi connectivity index (χ1) is 11.8. The van der Waals surface area contributed by atoms with E-state index >= 15 is 0 Å². The molecule has 4 heteroatoms. The molecule has 2 aliphatic heterocycles. The maximum Gasteiger partial charge on any atom is 0.101 e. The number of anilines is 1. The zero-order chi connectivity index (χ0) is 17.4. The van der Waals surface area contributed by atoms with Gasteiger partial charge in [-0.25, -0.2) is 0 Å². The first-order valence-corrected chi connectivity index (χ1v) is 9.50. The number of piperidine rings is 2. The van der Waals surface area contributed by atoms with E-state index in [2.05, 4.69) is 21.9 Å². The summed E-state index contributed by atoms with van der Waals surface area (Å²) in [5.41, 5.74) is 7.68. The summed E-state index contributed by atoms with van der Waals surface area (Å²) in [7, 11) is 0. The lowest BCUT2D eigenvalue weighted by Crippen LogP contribution is -2.48. The molecular formula is C20H32N4. The standard InChI is InChI=1S/C18H26N4.C2H6/c19-13-15-5-9-21(10-6-15)17-7-11-22(12-8-17)18-4-2-1-3-16(18)14-20;1-2/h1-4,15,17H,5-13,19H2;1-2H3. The highest BCUT2D eigenvalue weighted by atomic mass is 15.2. The summed E-state index contributed by atoms with van der Waals surface area (Å²) in [5, 5.41) is 9.26. The first kappa shape index (κ1) is 18.8. The smallest absolute Gasteiger partial charge is 0.101 e. The van der Waals surface area contributed by atoms with Crippen molar-refractivity contribution < 1.29 is 0 Å². The predicted molar refractivity (Wildman–Crippen MR) is 101 cm³/mol. The molecule has 4 nitrogen and oxygen atoms in total. The van der Waals surface area contributed by atoms with Crippen LogP contribution in [0.1, 0.15) is 45.1 Å². The molecule has 2 saturated heterocycles. The number of hydrogen-bond acceptors (Lipinski definition) is 4. The van der Waals surface area contributed by atoms with Crippen molar-refractivity contribution in [3.8, 4) is 6.07 Å². The first-order valence-electron chi connectivity index (χ1n) is 9.50. The van der Waals surface area contributed by atoms with E-state index < -0.39 is 0 Å². The van der Waals surface area contributed by atoms with E-state index in [9.17, 15) is 5.26 Å². The van der Waals surface area contributed by atoms with Crippen LogP contribution in [-0.2, 0) is 0 Å². The molecule has 132 valence electrons. The Morgan fingerprint density at radius 1 is 1.04 bits per heavy atom. The molecule has 1 aromatic carbocycles. The van der Waals surface area contributed by atoms with Crippen LogP contribution < -0.4 is 10.6 Å². The van der Waals surface area contributed by atoms with E-state index in [1.54, 1.807) is 0 Å². The second-order valence-electron chi connectivity index (χ2n) is 6.56. The predicted octanol–water partition coefficient (Wildman–Crippen LogP) is 3.22. The SMILES string of the molecule is CC.N#Cc1ccccc1N1CCC(N2CCC(CN)CC2)CC1. The summed E-state index contributed by atoms with van der Waals surface area (Å²) in [6.07, 6.45) is 4.92. The van der Waals surface area contributed by atoms with Crippen LogP contribution in [-0.4, -0.2) is 43.7 Å². The van der Waals surface area contributed by atoms with Gasteiger partial charge < -0.3 is 15.5 Å². The Bertz CT molecular complexity index is 521. The van der Waals surface area contributed by atoms with Crippen LogP contribution in [0.25, 0.3) is 0 Å². The summed E-state index contributed by atoms with van der Waals surface area (Å²) in [4.78, 5) is 5.04. The van der Waals surface area contributed by atoms with Gasteiger partial charge in [0.2, 0.25) is 0 Å². The molecule has 0 bridgehead atoms. The Kier molecular flexibility index (Phi) is 7.55. The molecule has 3 rings (SSSR count). The summed E-state index contributed by atoms with van der Waals surface area (Å²) < 4.78 is 0. The highest BCUT2D eigenvalue weighted by molar-refractivity contribution is 5.59. The van der Waals surface area contributed by atoms with Crippen molar-refractivity contribution in [1.82, 2.24) is 4.90 Å². The fourth-order valence-electron chi connectivity index (χ4n) is 3.87. The van der Waals surface area contributed by atoms with E-state index in [0.29, 0.717) is 6.04 Å². The zero-order valence-electron chi connectivity index (χ0n) is 15.2. The second kappa shape index (κ2) is 9.66. The highest BCUT2D eigenvalue weighted by Gasteiger charge is 2.28. The van der Waals surface area contributed by atoms with E-state index in [0.717, 1.165) is 36.8 Å². The quantitative estimate of drug-likeness (QED) is 0.925. The van der Waals surface area contributed by atoms with Gasteiger partial charge in [0.05, 0.1) is 11.3 Å². The molecule has 0 radical (unpaired) electrons. The minimum absolute atomic E-state index is 0.712. The molecule has 2 N–H and O–H groups in total. The fourth-order valence-corrected chi connectivity index (χ4v) is 3.87. The lowest BCUT2D eigenvalue weighted by Gasteiger charge is -2.42. The van der Waals surface area contributed by atoms with Crippen molar-refractivity contribution in [3.05, 3.63) is 29.8 Å². The van der Waals surface area contributed by atoms with Crippen molar-refractivity contribution in [2.24, 2.45) is 11.7 Å². The van der Waals surface area contributed by atoms with Crippen molar-refractivity contribution in [2.75, 3.05) is 37.6 Å². The largest absolute Gasteiger partial charge is 0.370 e. The second-order valence-corrected chi connectivity index (χ2v) is 6.56. The van der Waals surface area contributed by atoms with Gasteiger partial charge in [0.1, 0.15) is 6.07 Å². The molecule has 0 spiro atoms. The van der Waals surface area contributed by atoms with Gasteiger partial charge in [0.15, 0.2) is 0 Å². The van der Waals surface area contributed by atoms with Crippen LogP contribution in [0.3, 0.4) is 0 Å². The molecule has 2 fully saturated rings. The average Bonchev–Trinajstić information content (AvgIpc) is 2.69. The monoisotopic (exact) mass is 328 g/mol. The Balaban J connectivity index is 0.00000100. The molecule has 0 aromatic heterocycles. The van der Waals surface area contributed by atoms with Crippen LogP contribution >= 0.6 is 0 Å². The molecule has 0 atom stereocenters. The molecule has 2 heterocycles. The molecule has 2 aliphatic rings. The maximum atomic E-state index is 9.26. The van der Waals surface area contributed by atoms with Gasteiger partial charge in [-0.3, -0.25) is 0 Å². The average molecular weight is 329 g/mol. The Morgan fingerprint density at radius 3 is 2.25 bits per heavy atom. The van der Waals surface area contributed by atoms with Crippen LogP contribution in [0.5, 0.6) is 0 Å². The minimum atomic E-state index is 0.712. The lowest BCUT2D eigenvalue weighted by molar-refractivity contribution is 0.117. The Hall–Kier alpha value is -1.57. The lowest BCUT2D eigenvalue weighted by atomic mass is 9.93. The van der Waals surface area contributed by atoms with E-state index in [1.165, 1.54) is 38.8 Å². The van der Waals surface area contributed by atoms with Gasteiger partial charge in [-0.15, -0.1) is 0 Å². The number of benzene rings is 1. The molecular weight excluding hydrogens is 296 g/mol. The van der Waals surface area contributed by atoms with Crippen molar-refractivity contribution in [3.63, 3.8) is 0 Å². The number of nitriles is 1. The zero-order valence-corrected chi connectivity index (χ0v) is 15.2. The van der Waals surface area contributed by atoms with Crippen molar-refractivity contribution >= 4 is 5.69 Å². The van der Waals surface area contributed by atoms with Crippen LogP contribution in [0.4, 0.5) is 5.69 Å². The fraction of sp³-hybridized carbons (Fsp3) is 0.650. The summed E-state index contributed by atoms with van der Waals surface area (Å²) in [5.74, 6) is 0.735. The molecule has 1 aromatic rings. The third-order valence-corrected chi connectivity index (χ3v) is 5.33. The number of nitrogens with zero attached hydrogens (tertiary/aromatic N) is 3. The maximum absolute atomic E-state index is 9.26. The topological polar surface area (TPSA) is 56.3 Å². The van der Waals surface area contributed by atoms with Crippen LogP contribution in [0.2, 0.25) is 0 Å². The van der Waals surface area contributed by atoms with Gasteiger partial charge >= 0.3 is 0 Å². The summed E-state index contributed by atoms with van der Waals surface area (Å²) >= 11 is 0. The van der Waals surface area contributed by atoms with Gasteiger partial charge in [-0.1, -0.05) is 26.0 Å². The van der Waals surface area contributed by atoms with Gasteiger partial charge in [-0.05, 0) is 63.4 Å². The van der Waals surface area contributed by atoms with Crippen LogP contribution in [0.15, 0.2) is 24.3 Å². The number of hydrogen-bond donors (Lipinski definition) is 1. The molecule has 0 unspecified atom stereocenters. The van der Waals surface area contributed by atoms with E-state index in [4.69, 9.17) is 5.73 Å². The molecule has 0 saturated carbocycles. The van der Waals surface area contributed by atoms with E-state index in [-0.39, 0.29) is 0 Å². The number of likely N-dealkylation sites (tertiary alicyclic amines) is 1. The molecule has 0 aliphatic carbocycles. The normalized spacial score (nSPS) is 20.2. The minimum Gasteiger partial charge on any atom is -0.370 e. The van der Waals surface area contributed by atoms with Crippen molar-refractivity contribution in [1.29, 1.82) is 5.26 Å². The third-order valence-electron chi connectivity index (χ3n) is 5.33. The van der Waals surface area contributed by atoms with Gasteiger partial charge in [0, 0.05) is 19.1 Å². The van der Waals surface area contributed by atoms with Gasteiger partial charge in [0.25, 0.3) is 0 Å². The van der Waals surface area contributed by atoms with E-state index in [1.807, 2.05) is 32.0 Å². The number of nitrogens with two attached hydrogens (primary N) is 1. The summed E-state index contributed by atoms with van der Waals surface area (Å²) in [6.45, 7) is 9.38. The highest BCUT2D eigenvalue weighted by Crippen LogP contribution is 2.27.